The van der Waals surface area contributed by atoms with Gasteiger partial charge >= 0.3 is 5.97 Å². The Morgan fingerprint density at radius 2 is 1.52 bits per heavy atom. The van der Waals surface area contributed by atoms with E-state index in [0.717, 1.165) is 0 Å². The number of hydrogen-bond acceptors (Lipinski definition) is 10. The Hall–Kier alpha value is -3.30. The summed E-state index contributed by atoms with van der Waals surface area (Å²) in [4.78, 5) is 87.5. The molecule has 4 N–H and O–H groups in total. The van der Waals surface area contributed by atoms with E-state index in [9.17, 15) is 33.9 Å². The van der Waals surface area contributed by atoms with Crippen LogP contribution in [0.3, 0.4) is 0 Å². The van der Waals surface area contributed by atoms with E-state index < -0.39 is 89.8 Å². The van der Waals surface area contributed by atoms with Gasteiger partial charge in [-0.1, -0.05) is 41.5 Å². The van der Waals surface area contributed by atoms with E-state index in [4.69, 9.17) is 4.74 Å². The second-order valence-electron chi connectivity index (χ2n) is 14.5. The van der Waals surface area contributed by atoms with E-state index in [2.05, 4.69) is 16.2 Å². The van der Waals surface area contributed by atoms with Gasteiger partial charge < -0.3 is 25.0 Å². The monoisotopic (exact) mass is 677 g/mol. The van der Waals surface area contributed by atoms with Gasteiger partial charge in [0, 0.05) is 39.0 Å². The number of hydrogen-bond donors (Lipinski definition) is 4. The van der Waals surface area contributed by atoms with Gasteiger partial charge in [0.25, 0.3) is 11.8 Å². The van der Waals surface area contributed by atoms with Gasteiger partial charge in [0.1, 0.15) is 30.2 Å². The first kappa shape index (κ1) is 37.5. The largest absolute Gasteiger partial charge is 0.450 e. The fourth-order valence-corrected chi connectivity index (χ4v) is 7.02. The van der Waals surface area contributed by atoms with Gasteiger partial charge in [-0.25, -0.2) is 15.6 Å². The third-order valence-corrected chi connectivity index (χ3v) is 10.1. The number of ether oxygens (including phenoxy) is 1. The average Bonchev–Trinajstić information content (AvgIpc) is 3.56. The number of aliphatic hydroxyl groups excluding tert-OH is 1. The topological polar surface area (TPSA) is 181 Å². The van der Waals surface area contributed by atoms with Gasteiger partial charge in [0.2, 0.25) is 17.7 Å². The van der Waals surface area contributed by atoms with Crippen LogP contribution in [0, 0.1) is 17.8 Å². The Kier molecular flexibility index (Phi) is 12.5. The van der Waals surface area contributed by atoms with Gasteiger partial charge in [-0.15, -0.1) is 0 Å². The van der Waals surface area contributed by atoms with Crippen LogP contribution in [0.15, 0.2) is 0 Å². The van der Waals surface area contributed by atoms with Crippen molar-refractivity contribution in [2.75, 3.05) is 26.7 Å². The molecule has 4 aliphatic heterocycles. The van der Waals surface area contributed by atoms with Gasteiger partial charge in [0.15, 0.2) is 6.10 Å². The molecule has 0 spiro atoms. The molecule has 8 atom stereocenters. The summed E-state index contributed by atoms with van der Waals surface area (Å²) in [6, 6.07) is -5.13. The molecule has 4 rings (SSSR count). The van der Waals surface area contributed by atoms with E-state index in [-0.39, 0.29) is 25.3 Å². The Balaban J connectivity index is 1.82. The Morgan fingerprint density at radius 1 is 0.854 bits per heavy atom. The molecule has 4 saturated heterocycles. The number of amides is 5. The van der Waals surface area contributed by atoms with Crippen LogP contribution in [-0.4, -0.2) is 130 Å². The van der Waals surface area contributed by atoms with Crippen molar-refractivity contribution in [1.82, 2.24) is 36.0 Å². The third kappa shape index (κ3) is 7.94. The Bertz CT molecular complexity index is 1230. The fourth-order valence-electron chi connectivity index (χ4n) is 7.02. The number of nitrogens with zero attached hydrogens (tertiary/aromatic N) is 4. The van der Waals surface area contributed by atoms with Crippen molar-refractivity contribution in [3.05, 3.63) is 0 Å². The maximum atomic E-state index is 14.3. The van der Waals surface area contributed by atoms with Crippen LogP contribution in [-0.2, 0) is 33.5 Å². The summed E-state index contributed by atoms with van der Waals surface area (Å²) in [5.74, 6) is -4.20. The van der Waals surface area contributed by atoms with Crippen LogP contribution in [0.5, 0.6) is 0 Å². The highest BCUT2D eigenvalue weighted by Crippen LogP contribution is 2.27. The number of β-amino-alcohol motifs (C(OH)–C–C–N with tert-alkyl or cyclic N) is 1. The maximum Gasteiger partial charge on any atom is 0.329 e. The SMILES string of the molecule is CCC(C)C1OC(=O)C(C(C)C)NC(=O)C2CCCN2C(=O)C(CC(C)C)N(C)C(=O)C2CC(O)CNN2C(=O)C2CCCNN2C1=O. The van der Waals surface area contributed by atoms with Crippen LogP contribution >= 0.6 is 0 Å². The molecule has 8 unspecified atom stereocenters. The Morgan fingerprint density at radius 3 is 2.17 bits per heavy atom. The van der Waals surface area contributed by atoms with Crippen molar-refractivity contribution in [3.63, 3.8) is 0 Å². The lowest BCUT2D eigenvalue weighted by molar-refractivity contribution is -0.175. The molecular formula is C33H55N7O8. The first-order valence-corrected chi connectivity index (χ1v) is 17.6. The third-order valence-electron chi connectivity index (χ3n) is 10.1. The van der Waals surface area contributed by atoms with Gasteiger partial charge in [-0.3, -0.25) is 34.0 Å². The number of hydrazine groups is 2. The molecule has 0 aromatic rings. The zero-order valence-electron chi connectivity index (χ0n) is 29.4. The van der Waals surface area contributed by atoms with E-state index >= 15 is 0 Å². The van der Waals surface area contributed by atoms with Crippen LogP contribution in [0.2, 0.25) is 0 Å². The molecule has 4 fully saturated rings. The number of carbonyl (C=O) groups is 6. The number of cyclic esters (lactones) is 1. The van der Waals surface area contributed by atoms with Crippen LogP contribution in [0.1, 0.15) is 86.5 Å². The standard InChI is InChI=1S/C33H55N7O8/c1-8-20(6)27-32(46)39-23(11-9-13-34-39)31(45)40-25(16-21(41)17-35-40)29(43)37(7)24(15-18(2)3)30(44)38-14-10-12-22(38)28(42)36-26(19(4)5)33(47)48-27/h18-27,34-35,41H,8-17H2,1-7H3,(H,36,42). The highest BCUT2D eigenvalue weighted by molar-refractivity contribution is 5.97. The highest BCUT2D eigenvalue weighted by atomic mass is 16.6. The first-order valence-electron chi connectivity index (χ1n) is 17.6. The lowest BCUT2D eigenvalue weighted by atomic mass is 9.96. The van der Waals surface area contributed by atoms with Crippen molar-refractivity contribution < 1.29 is 38.6 Å². The van der Waals surface area contributed by atoms with E-state index in [1.54, 1.807) is 20.8 Å². The predicted octanol–water partition coefficient (Wildman–Crippen LogP) is -0.0752. The van der Waals surface area contributed by atoms with Crippen molar-refractivity contribution >= 4 is 35.5 Å². The van der Waals surface area contributed by atoms with Crippen LogP contribution < -0.4 is 16.2 Å². The number of carbonyl (C=O) groups excluding carboxylic acids is 6. The highest BCUT2D eigenvalue weighted by Gasteiger charge is 2.48. The van der Waals surface area contributed by atoms with Gasteiger partial charge in [-0.05, 0) is 50.4 Å². The molecule has 270 valence electrons. The van der Waals surface area contributed by atoms with E-state index in [1.165, 1.54) is 26.9 Å². The molecule has 0 aliphatic carbocycles. The van der Waals surface area contributed by atoms with Crippen molar-refractivity contribution in [1.29, 1.82) is 0 Å². The summed E-state index contributed by atoms with van der Waals surface area (Å²) in [5, 5.41) is 15.8. The molecule has 0 aromatic heterocycles. The zero-order valence-corrected chi connectivity index (χ0v) is 29.4. The van der Waals surface area contributed by atoms with Gasteiger partial charge in [0.05, 0.1) is 6.10 Å². The normalized spacial score (nSPS) is 32.4. The molecule has 4 heterocycles. The van der Waals surface area contributed by atoms with Crippen LogP contribution in [0.4, 0.5) is 0 Å². The molecule has 15 heteroatoms. The summed E-state index contributed by atoms with van der Waals surface area (Å²) in [5.41, 5.74) is 5.93. The number of aliphatic hydroxyl groups is 1. The minimum absolute atomic E-state index is 0.00109. The predicted molar refractivity (Wildman–Crippen MR) is 174 cm³/mol. The van der Waals surface area contributed by atoms with Crippen molar-refractivity contribution in [2.24, 2.45) is 17.8 Å². The molecule has 5 amide bonds. The van der Waals surface area contributed by atoms with E-state index in [1.807, 2.05) is 20.8 Å². The van der Waals surface area contributed by atoms with E-state index in [0.29, 0.717) is 45.2 Å². The minimum Gasteiger partial charge on any atom is -0.450 e. The molecule has 4 aliphatic rings. The number of nitrogens with one attached hydrogen (secondary N) is 3. The Labute approximate surface area is 283 Å². The average molecular weight is 678 g/mol. The summed E-state index contributed by atoms with van der Waals surface area (Å²) < 4.78 is 5.91. The number of esters is 1. The number of fused-ring (bicyclic) bond motifs is 3. The van der Waals surface area contributed by atoms with Crippen molar-refractivity contribution in [3.8, 4) is 0 Å². The smallest absolute Gasteiger partial charge is 0.329 e. The fraction of sp³-hybridized carbons (Fsp3) is 0.818. The van der Waals surface area contributed by atoms with Crippen molar-refractivity contribution in [2.45, 2.75) is 129 Å². The second-order valence-corrected chi connectivity index (χ2v) is 14.5. The molecular weight excluding hydrogens is 622 g/mol. The van der Waals surface area contributed by atoms with Crippen LogP contribution in [0.25, 0.3) is 0 Å². The molecule has 0 bridgehead atoms. The first-order chi connectivity index (χ1) is 22.7. The molecule has 48 heavy (non-hydrogen) atoms. The molecule has 0 aromatic carbocycles. The second kappa shape index (κ2) is 15.9. The molecule has 0 saturated carbocycles. The number of rotatable bonds is 5. The van der Waals surface area contributed by atoms with Gasteiger partial charge in [-0.2, -0.15) is 0 Å². The zero-order chi connectivity index (χ0) is 35.4. The lowest BCUT2D eigenvalue weighted by Gasteiger charge is -2.45. The number of likely N-dealkylation sites (N-methyl/N-ethyl adjacent to an activating group) is 1. The maximum absolute atomic E-state index is 14.3. The quantitative estimate of drug-likeness (QED) is 0.288. The lowest BCUT2D eigenvalue weighted by Crippen LogP contribution is -2.69. The minimum atomic E-state index is -1.26. The summed E-state index contributed by atoms with van der Waals surface area (Å²) >= 11 is 0. The summed E-state index contributed by atoms with van der Waals surface area (Å²) in [6.07, 6.45) is 0.292. The summed E-state index contributed by atoms with van der Waals surface area (Å²) in [7, 11) is 1.51. The molecule has 0 radical (unpaired) electrons. The summed E-state index contributed by atoms with van der Waals surface area (Å²) in [6.45, 7) is 11.7. The molecule has 15 nitrogen and oxygen atoms in total.